The van der Waals surface area contributed by atoms with Crippen LogP contribution in [0.2, 0.25) is 5.02 Å². The minimum Gasteiger partial charge on any atom is -0.383 e. The first-order valence-electron chi connectivity index (χ1n) is 7.37. The van der Waals surface area contributed by atoms with Gasteiger partial charge in [0.1, 0.15) is 0 Å². The first kappa shape index (κ1) is 16.9. The van der Waals surface area contributed by atoms with Crippen LogP contribution in [0.1, 0.15) is 16.2 Å². The van der Waals surface area contributed by atoms with Gasteiger partial charge in [-0.1, -0.05) is 22.9 Å². The second-order valence-corrected chi connectivity index (χ2v) is 6.80. The molecule has 0 aliphatic heterocycles. The number of benzene rings is 1. The largest absolute Gasteiger partial charge is 0.383 e. The monoisotopic (exact) mass is 364 g/mol. The zero-order valence-electron chi connectivity index (χ0n) is 13.6. The van der Waals surface area contributed by atoms with E-state index in [-0.39, 0.29) is 5.91 Å². The summed E-state index contributed by atoms with van der Waals surface area (Å²) >= 11 is 7.49. The van der Waals surface area contributed by atoms with E-state index in [9.17, 15) is 4.79 Å². The van der Waals surface area contributed by atoms with Gasteiger partial charge in [-0.25, -0.2) is 0 Å². The molecule has 0 radical (unpaired) electrons. The molecule has 0 atom stereocenters. The third kappa shape index (κ3) is 3.28. The van der Waals surface area contributed by atoms with E-state index in [1.54, 1.807) is 24.9 Å². The highest BCUT2D eigenvalue weighted by Crippen LogP contribution is 2.22. The van der Waals surface area contributed by atoms with Gasteiger partial charge >= 0.3 is 0 Å². The Balaban J connectivity index is 2.10. The molecule has 3 rings (SSSR count). The van der Waals surface area contributed by atoms with Crippen LogP contribution in [0.5, 0.6) is 0 Å². The van der Waals surface area contributed by atoms with Gasteiger partial charge in [0.15, 0.2) is 10.5 Å². The summed E-state index contributed by atoms with van der Waals surface area (Å²) in [5.74, 6) is -0.359. The number of fused-ring (bicyclic) bond motifs is 1. The molecule has 6 nitrogen and oxygen atoms in total. The van der Waals surface area contributed by atoms with Crippen LogP contribution in [0.3, 0.4) is 0 Å². The van der Waals surface area contributed by atoms with Crippen LogP contribution in [0, 0.1) is 6.92 Å². The number of aryl methyl sites for hydroxylation is 2. The number of rotatable bonds is 4. The van der Waals surface area contributed by atoms with Crippen LogP contribution in [-0.4, -0.2) is 34.0 Å². The zero-order chi connectivity index (χ0) is 17.3. The average molecular weight is 365 g/mol. The Kier molecular flexibility index (Phi) is 4.84. The quantitative estimate of drug-likeness (QED) is 0.715. The molecule has 0 aliphatic rings. The van der Waals surface area contributed by atoms with Crippen molar-refractivity contribution in [2.45, 2.75) is 13.5 Å². The van der Waals surface area contributed by atoms with Crippen molar-refractivity contribution in [1.29, 1.82) is 0 Å². The van der Waals surface area contributed by atoms with Gasteiger partial charge in [-0.05, 0) is 31.2 Å². The summed E-state index contributed by atoms with van der Waals surface area (Å²) in [6.45, 7) is 3.02. The molecule has 24 heavy (non-hydrogen) atoms. The fourth-order valence-corrected chi connectivity index (χ4v) is 3.67. The van der Waals surface area contributed by atoms with Crippen LogP contribution in [0.4, 0.5) is 0 Å². The number of carbonyl (C=O) groups is 1. The van der Waals surface area contributed by atoms with Crippen molar-refractivity contribution in [3.8, 4) is 0 Å². The fraction of sp³-hybridized carbons (Fsp3) is 0.312. The SMILES string of the molecule is COCCn1c(=NC(=O)c2cc(C)n(C)n2)sc2cc(Cl)ccc21. The first-order chi connectivity index (χ1) is 11.5. The van der Waals surface area contributed by atoms with Crippen molar-refractivity contribution in [3.05, 3.63) is 45.5 Å². The standard InChI is InChI=1S/C16H17ClN4O2S/c1-10-8-12(19-20(10)2)15(22)18-16-21(6-7-23-3)13-5-4-11(17)9-14(13)24-16/h4-5,8-9H,6-7H2,1-3H3. The van der Waals surface area contributed by atoms with Gasteiger partial charge in [0, 0.05) is 31.4 Å². The van der Waals surface area contributed by atoms with Gasteiger partial charge in [0.05, 0.1) is 16.8 Å². The lowest BCUT2D eigenvalue weighted by atomic mass is 10.3. The van der Waals surface area contributed by atoms with Gasteiger partial charge in [0.2, 0.25) is 0 Å². The molecule has 1 aromatic carbocycles. The van der Waals surface area contributed by atoms with E-state index in [0.29, 0.717) is 28.7 Å². The number of methoxy groups -OCH3 is 1. The molecule has 0 N–H and O–H groups in total. The third-order valence-corrected chi connectivity index (χ3v) is 4.97. The first-order valence-corrected chi connectivity index (χ1v) is 8.56. The number of hydrogen-bond donors (Lipinski definition) is 0. The fourth-order valence-electron chi connectivity index (χ4n) is 2.34. The molecule has 0 saturated carbocycles. The number of amides is 1. The van der Waals surface area contributed by atoms with E-state index >= 15 is 0 Å². The maximum Gasteiger partial charge on any atom is 0.300 e. The van der Waals surface area contributed by atoms with Crippen molar-refractivity contribution >= 4 is 39.1 Å². The molecule has 126 valence electrons. The molecule has 2 heterocycles. The van der Waals surface area contributed by atoms with Crippen LogP contribution in [-0.2, 0) is 18.3 Å². The Morgan fingerprint density at radius 2 is 2.21 bits per heavy atom. The number of hydrogen-bond acceptors (Lipinski definition) is 4. The molecule has 0 saturated heterocycles. The van der Waals surface area contributed by atoms with Crippen molar-refractivity contribution in [1.82, 2.24) is 14.3 Å². The van der Waals surface area contributed by atoms with Crippen molar-refractivity contribution in [3.63, 3.8) is 0 Å². The molecule has 0 unspecified atom stereocenters. The van der Waals surface area contributed by atoms with E-state index in [1.165, 1.54) is 11.3 Å². The molecule has 0 spiro atoms. The number of ether oxygens (including phenoxy) is 1. The average Bonchev–Trinajstić information content (AvgIpc) is 3.05. The third-order valence-electron chi connectivity index (χ3n) is 3.69. The van der Waals surface area contributed by atoms with Crippen LogP contribution in [0.25, 0.3) is 10.2 Å². The minimum atomic E-state index is -0.359. The van der Waals surface area contributed by atoms with Crippen LogP contribution in [0.15, 0.2) is 29.3 Å². The van der Waals surface area contributed by atoms with E-state index < -0.39 is 0 Å². The highest BCUT2D eigenvalue weighted by molar-refractivity contribution is 7.16. The van der Waals surface area contributed by atoms with Crippen molar-refractivity contribution < 1.29 is 9.53 Å². The van der Waals surface area contributed by atoms with Gasteiger partial charge in [-0.15, -0.1) is 0 Å². The van der Waals surface area contributed by atoms with Gasteiger partial charge < -0.3 is 9.30 Å². The molecule has 3 aromatic rings. The molecule has 8 heteroatoms. The lowest BCUT2D eigenvalue weighted by Gasteiger charge is -2.03. The van der Waals surface area contributed by atoms with Gasteiger partial charge in [-0.3, -0.25) is 9.48 Å². The lowest BCUT2D eigenvalue weighted by Crippen LogP contribution is -2.19. The Morgan fingerprint density at radius 1 is 1.42 bits per heavy atom. The summed E-state index contributed by atoms with van der Waals surface area (Å²) in [5, 5.41) is 4.84. The lowest BCUT2D eigenvalue weighted by molar-refractivity contribution is 0.0992. The minimum absolute atomic E-state index is 0.337. The zero-order valence-corrected chi connectivity index (χ0v) is 15.2. The number of nitrogens with zero attached hydrogens (tertiary/aromatic N) is 4. The molecule has 0 fully saturated rings. The number of halogens is 1. The molecule has 1 amide bonds. The number of carbonyl (C=O) groups excluding carboxylic acids is 1. The van der Waals surface area contributed by atoms with Gasteiger partial charge in [0.25, 0.3) is 5.91 Å². The summed E-state index contributed by atoms with van der Waals surface area (Å²) in [7, 11) is 3.44. The second-order valence-electron chi connectivity index (χ2n) is 5.35. The number of thiazole rings is 1. The Hall–Kier alpha value is -1.96. The van der Waals surface area contributed by atoms with E-state index in [2.05, 4.69) is 10.1 Å². The maximum absolute atomic E-state index is 12.4. The van der Waals surface area contributed by atoms with E-state index in [1.807, 2.05) is 29.7 Å². The van der Waals surface area contributed by atoms with Crippen molar-refractivity contribution in [2.75, 3.05) is 13.7 Å². The summed E-state index contributed by atoms with van der Waals surface area (Å²) in [6, 6.07) is 7.36. The molecular weight excluding hydrogens is 348 g/mol. The van der Waals surface area contributed by atoms with Crippen LogP contribution >= 0.6 is 22.9 Å². The summed E-state index contributed by atoms with van der Waals surface area (Å²) in [4.78, 5) is 17.3. The molecule has 2 aromatic heterocycles. The summed E-state index contributed by atoms with van der Waals surface area (Å²) in [6.07, 6.45) is 0. The highest BCUT2D eigenvalue weighted by Gasteiger charge is 2.12. The molecule has 0 bridgehead atoms. The second kappa shape index (κ2) is 6.88. The van der Waals surface area contributed by atoms with E-state index in [0.717, 1.165) is 15.9 Å². The van der Waals surface area contributed by atoms with Gasteiger partial charge in [-0.2, -0.15) is 10.1 Å². The maximum atomic E-state index is 12.4. The molecule has 0 aliphatic carbocycles. The van der Waals surface area contributed by atoms with Crippen molar-refractivity contribution in [2.24, 2.45) is 12.0 Å². The summed E-state index contributed by atoms with van der Waals surface area (Å²) in [5.41, 5.74) is 2.22. The van der Waals surface area contributed by atoms with Crippen LogP contribution < -0.4 is 4.80 Å². The summed E-state index contributed by atoms with van der Waals surface area (Å²) < 4.78 is 9.77. The smallest absolute Gasteiger partial charge is 0.300 e. The Bertz CT molecular complexity index is 951. The predicted octanol–water partition coefficient (Wildman–Crippen LogP) is 2.79. The molecular formula is C16H17ClN4O2S. The highest BCUT2D eigenvalue weighted by atomic mass is 35.5. The van der Waals surface area contributed by atoms with E-state index in [4.69, 9.17) is 16.3 Å². The topological polar surface area (TPSA) is 61.4 Å². The predicted molar refractivity (Wildman–Crippen MR) is 94.5 cm³/mol. The Labute approximate surface area is 148 Å². The number of aromatic nitrogens is 3. The Morgan fingerprint density at radius 3 is 2.88 bits per heavy atom. The normalized spacial score (nSPS) is 12.2.